The normalized spacial score (nSPS) is 36.1. The zero-order valence-electron chi connectivity index (χ0n) is 9.99. The van der Waals surface area contributed by atoms with E-state index in [0.29, 0.717) is 24.3 Å². The van der Waals surface area contributed by atoms with Crippen molar-refractivity contribution in [1.29, 1.82) is 0 Å². The fourth-order valence-electron chi connectivity index (χ4n) is 3.22. The molecule has 1 saturated carbocycles. The van der Waals surface area contributed by atoms with Gasteiger partial charge in [0, 0.05) is 0 Å². The predicted octanol–water partition coefficient (Wildman–Crippen LogP) is 2.11. The predicted molar refractivity (Wildman–Crippen MR) is 60.5 cm³/mol. The summed E-state index contributed by atoms with van der Waals surface area (Å²) in [5.41, 5.74) is 5.64. The zero-order chi connectivity index (χ0) is 11.6. The minimum Gasteiger partial charge on any atom is -0.481 e. The molecule has 0 aromatic heterocycles. The van der Waals surface area contributed by atoms with Crippen molar-refractivity contribution >= 4 is 5.97 Å². The number of hydrogen-bond acceptors (Lipinski definition) is 2. The van der Waals surface area contributed by atoms with Gasteiger partial charge in [-0.15, -0.1) is 0 Å². The molecule has 1 fully saturated rings. The van der Waals surface area contributed by atoms with Crippen LogP contribution < -0.4 is 5.73 Å². The molecule has 0 unspecified atom stereocenters. The van der Waals surface area contributed by atoms with E-state index >= 15 is 0 Å². The maximum absolute atomic E-state index is 10.8. The minimum atomic E-state index is -0.711. The molecule has 3 heteroatoms. The van der Waals surface area contributed by atoms with Crippen molar-refractivity contribution in [3.05, 3.63) is 0 Å². The van der Waals surface area contributed by atoms with E-state index in [-0.39, 0.29) is 11.8 Å². The van der Waals surface area contributed by atoms with Crippen LogP contribution in [0.2, 0.25) is 0 Å². The summed E-state index contributed by atoms with van der Waals surface area (Å²) in [7, 11) is 0. The molecule has 3 N–H and O–H groups in total. The molecule has 0 amide bonds. The third kappa shape index (κ3) is 2.71. The number of carboxylic acid groups (broad SMARTS) is 1. The summed E-state index contributed by atoms with van der Waals surface area (Å²) in [4.78, 5) is 10.8. The Morgan fingerprint density at radius 1 is 1.53 bits per heavy atom. The molecule has 0 aromatic carbocycles. The van der Waals surface area contributed by atoms with Crippen LogP contribution >= 0.6 is 0 Å². The van der Waals surface area contributed by atoms with Gasteiger partial charge in [0.1, 0.15) is 0 Å². The Morgan fingerprint density at radius 3 is 2.47 bits per heavy atom. The van der Waals surface area contributed by atoms with Crippen molar-refractivity contribution in [3.8, 4) is 0 Å². The van der Waals surface area contributed by atoms with Gasteiger partial charge in [-0.25, -0.2) is 0 Å². The molecule has 15 heavy (non-hydrogen) atoms. The van der Waals surface area contributed by atoms with Crippen LogP contribution in [0.3, 0.4) is 0 Å². The third-order valence-electron chi connectivity index (χ3n) is 3.97. The first kappa shape index (κ1) is 12.5. The monoisotopic (exact) mass is 213 g/mol. The molecule has 1 rings (SSSR count). The van der Waals surface area contributed by atoms with Gasteiger partial charge in [-0.2, -0.15) is 0 Å². The lowest BCUT2D eigenvalue weighted by Gasteiger charge is -2.26. The highest BCUT2D eigenvalue weighted by Crippen LogP contribution is 2.49. The zero-order valence-corrected chi connectivity index (χ0v) is 9.99. The Labute approximate surface area is 92.0 Å². The van der Waals surface area contributed by atoms with E-state index in [1.807, 2.05) is 0 Å². The Balaban J connectivity index is 2.74. The van der Waals surface area contributed by atoms with Crippen molar-refractivity contribution in [2.24, 2.45) is 28.9 Å². The number of carboxylic acids is 1. The van der Waals surface area contributed by atoms with Crippen LogP contribution in [-0.4, -0.2) is 17.6 Å². The molecule has 88 valence electrons. The minimum absolute atomic E-state index is 0.139. The fraction of sp³-hybridized carbons (Fsp3) is 0.917. The van der Waals surface area contributed by atoms with Gasteiger partial charge in [0.2, 0.25) is 0 Å². The molecular formula is C12H23NO2. The van der Waals surface area contributed by atoms with Crippen LogP contribution in [0.25, 0.3) is 0 Å². The van der Waals surface area contributed by atoms with E-state index in [9.17, 15) is 4.79 Å². The van der Waals surface area contributed by atoms with Crippen molar-refractivity contribution in [2.75, 3.05) is 6.54 Å². The van der Waals surface area contributed by atoms with Gasteiger partial charge in [-0.1, -0.05) is 20.8 Å². The summed E-state index contributed by atoms with van der Waals surface area (Å²) in [6.07, 6.45) is 2.18. The highest BCUT2D eigenvalue weighted by molar-refractivity contribution is 5.67. The van der Waals surface area contributed by atoms with E-state index < -0.39 is 5.97 Å². The van der Waals surface area contributed by atoms with E-state index in [0.717, 1.165) is 12.8 Å². The summed E-state index contributed by atoms with van der Waals surface area (Å²) in [5.74, 6) is 1.15. The standard InChI is InChI=1S/C12H23NO2/c1-8(2)10-5-12(7-13,4-9(10)3)6-11(14)15/h8-10H,4-7,13H2,1-3H3,(H,14,15)/t9-,10-,12+/m0/s1. The molecule has 0 radical (unpaired) electrons. The first-order chi connectivity index (χ1) is 6.90. The molecule has 1 aliphatic rings. The maximum atomic E-state index is 10.8. The average Bonchev–Trinajstić information content (AvgIpc) is 2.43. The second-order valence-corrected chi connectivity index (χ2v) is 5.57. The van der Waals surface area contributed by atoms with Crippen molar-refractivity contribution < 1.29 is 9.90 Å². The first-order valence-electron chi connectivity index (χ1n) is 5.82. The molecule has 0 aromatic rings. The molecular weight excluding hydrogens is 190 g/mol. The quantitative estimate of drug-likeness (QED) is 0.751. The van der Waals surface area contributed by atoms with Gasteiger partial charge in [0.15, 0.2) is 0 Å². The van der Waals surface area contributed by atoms with Crippen molar-refractivity contribution in [2.45, 2.75) is 40.0 Å². The second kappa shape index (κ2) is 4.52. The number of aliphatic carboxylic acids is 1. The summed E-state index contributed by atoms with van der Waals surface area (Å²) >= 11 is 0. The SMILES string of the molecule is CC(C)[C@@H]1C[C@@](CN)(CC(=O)O)C[C@@H]1C. The Morgan fingerprint density at radius 2 is 2.13 bits per heavy atom. The smallest absolute Gasteiger partial charge is 0.303 e. The lowest BCUT2D eigenvalue weighted by Crippen LogP contribution is -2.31. The van der Waals surface area contributed by atoms with E-state index in [1.54, 1.807) is 0 Å². The van der Waals surface area contributed by atoms with Gasteiger partial charge >= 0.3 is 5.97 Å². The molecule has 1 aliphatic carbocycles. The van der Waals surface area contributed by atoms with Crippen LogP contribution in [0.5, 0.6) is 0 Å². The largest absolute Gasteiger partial charge is 0.481 e. The number of carbonyl (C=O) groups is 1. The highest BCUT2D eigenvalue weighted by atomic mass is 16.4. The number of rotatable bonds is 4. The Kier molecular flexibility index (Phi) is 3.77. The van der Waals surface area contributed by atoms with Crippen LogP contribution in [0, 0.1) is 23.2 Å². The average molecular weight is 213 g/mol. The van der Waals surface area contributed by atoms with E-state index in [2.05, 4.69) is 20.8 Å². The van der Waals surface area contributed by atoms with Crippen LogP contribution in [0.1, 0.15) is 40.0 Å². The van der Waals surface area contributed by atoms with E-state index in [1.165, 1.54) is 0 Å². The fourth-order valence-corrected chi connectivity index (χ4v) is 3.22. The van der Waals surface area contributed by atoms with Gasteiger partial charge in [0.25, 0.3) is 0 Å². The molecule has 3 atom stereocenters. The summed E-state index contributed by atoms with van der Waals surface area (Å²) < 4.78 is 0. The maximum Gasteiger partial charge on any atom is 0.303 e. The third-order valence-corrected chi connectivity index (χ3v) is 3.97. The van der Waals surface area contributed by atoms with Gasteiger partial charge in [-0.05, 0) is 42.6 Å². The first-order valence-corrected chi connectivity index (χ1v) is 5.82. The number of hydrogen-bond donors (Lipinski definition) is 2. The lowest BCUT2D eigenvalue weighted by molar-refractivity contribution is -0.139. The number of nitrogens with two attached hydrogens (primary N) is 1. The van der Waals surface area contributed by atoms with Crippen LogP contribution in [-0.2, 0) is 4.79 Å². The Bertz CT molecular complexity index is 240. The molecule has 0 heterocycles. The molecule has 0 spiro atoms. The van der Waals surface area contributed by atoms with Gasteiger partial charge in [-0.3, -0.25) is 4.79 Å². The summed E-state index contributed by atoms with van der Waals surface area (Å²) in [6.45, 7) is 7.17. The topological polar surface area (TPSA) is 63.3 Å². The summed E-state index contributed by atoms with van der Waals surface area (Å²) in [6, 6.07) is 0. The highest BCUT2D eigenvalue weighted by Gasteiger charge is 2.44. The Hall–Kier alpha value is -0.570. The molecule has 0 aliphatic heterocycles. The van der Waals surface area contributed by atoms with Crippen molar-refractivity contribution in [1.82, 2.24) is 0 Å². The van der Waals surface area contributed by atoms with Gasteiger partial charge in [0.05, 0.1) is 6.42 Å². The molecule has 3 nitrogen and oxygen atoms in total. The van der Waals surface area contributed by atoms with E-state index in [4.69, 9.17) is 10.8 Å². The van der Waals surface area contributed by atoms with Crippen LogP contribution in [0.15, 0.2) is 0 Å². The molecule has 0 saturated heterocycles. The lowest BCUT2D eigenvalue weighted by atomic mass is 9.80. The summed E-state index contributed by atoms with van der Waals surface area (Å²) in [5, 5.41) is 8.93. The van der Waals surface area contributed by atoms with Crippen molar-refractivity contribution in [3.63, 3.8) is 0 Å². The van der Waals surface area contributed by atoms with Crippen LogP contribution in [0.4, 0.5) is 0 Å². The molecule has 0 bridgehead atoms. The van der Waals surface area contributed by atoms with Gasteiger partial charge < -0.3 is 10.8 Å². The second-order valence-electron chi connectivity index (χ2n) is 5.57.